The number of hydrogen-bond donors (Lipinski definition) is 0. The van der Waals surface area contributed by atoms with Crippen LogP contribution in [0.25, 0.3) is 0 Å². The van der Waals surface area contributed by atoms with Gasteiger partial charge in [0, 0.05) is 0 Å². The van der Waals surface area contributed by atoms with E-state index in [0.717, 1.165) is 11.5 Å². The molecule has 0 saturated carbocycles. The lowest BCUT2D eigenvalue weighted by molar-refractivity contribution is 0.108. The number of aromatic nitrogens is 2. The van der Waals surface area contributed by atoms with Crippen molar-refractivity contribution in [2.45, 2.75) is 13.1 Å². The fourth-order valence-electron chi connectivity index (χ4n) is 0.594. The molecule has 0 bridgehead atoms. The minimum absolute atomic E-state index is 0.0231. The summed E-state index contributed by atoms with van der Waals surface area (Å²) in [5.41, 5.74) is 0.0231. The lowest BCUT2D eigenvalue weighted by atomic mass is 10.3. The van der Waals surface area contributed by atoms with Crippen LogP contribution in [-0.4, -0.2) is 14.8 Å². The average Bonchev–Trinajstić information content (AvgIpc) is 2.32. The molecule has 0 aromatic carbocycles. The Kier molecular flexibility index (Phi) is 2.51. The van der Waals surface area contributed by atoms with Crippen LogP contribution in [0.3, 0.4) is 0 Å². The second-order valence-electron chi connectivity index (χ2n) is 1.88. The van der Waals surface area contributed by atoms with Crippen LogP contribution in [0.4, 0.5) is 4.39 Å². The molecule has 0 aliphatic carbocycles. The predicted octanol–water partition coefficient (Wildman–Crippen LogP) is 1.95. The summed E-state index contributed by atoms with van der Waals surface area (Å²) in [5.74, 6) is 0. The Morgan fingerprint density at radius 2 is 2.45 bits per heavy atom. The maximum absolute atomic E-state index is 12.6. The van der Waals surface area contributed by atoms with Gasteiger partial charge >= 0.3 is 0 Å². The summed E-state index contributed by atoms with van der Waals surface area (Å²) in [6.07, 6.45) is -1.30. The standard InChI is InChI=1S/C5H4ClFN2OS/c1-2(7)3-4(5(6)10)11-9-8-3/h2H,1H3. The van der Waals surface area contributed by atoms with Crippen molar-refractivity contribution in [2.75, 3.05) is 0 Å². The van der Waals surface area contributed by atoms with E-state index in [-0.39, 0.29) is 10.6 Å². The zero-order chi connectivity index (χ0) is 8.43. The first-order chi connectivity index (χ1) is 5.13. The summed E-state index contributed by atoms with van der Waals surface area (Å²) in [7, 11) is 0. The maximum atomic E-state index is 12.6. The van der Waals surface area contributed by atoms with Crippen molar-refractivity contribution in [2.24, 2.45) is 0 Å². The summed E-state index contributed by atoms with van der Waals surface area (Å²) in [4.78, 5) is 10.6. The van der Waals surface area contributed by atoms with Crippen molar-refractivity contribution in [1.82, 2.24) is 9.59 Å². The van der Waals surface area contributed by atoms with Gasteiger partial charge in [0.1, 0.15) is 16.7 Å². The molecular weight excluding hydrogens is 191 g/mol. The molecule has 0 aliphatic heterocycles. The molecule has 11 heavy (non-hydrogen) atoms. The monoisotopic (exact) mass is 194 g/mol. The highest BCUT2D eigenvalue weighted by atomic mass is 35.5. The largest absolute Gasteiger partial charge is 0.275 e. The van der Waals surface area contributed by atoms with Crippen molar-refractivity contribution in [3.8, 4) is 0 Å². The van der Waals surface area contributed by atoms with Crippen LogP contribution in [0.15, 0.2) is 0 Å². The van der Waals surface area contributed by atoms with Gasteiger partial charge < -0.3 is 0 Å². The Bertz CT molecular complexity index is 275. The number of alkyl halides is 1. The average molecular weight is 195 g/mol. The van der Waals surface area contributed by atoms with Gasteiger partial charge in [0.05, 0.1) is 0 Å². The van der Waals surface area contributed by atoms with Gasteiger partial charge in [-0.05, 0) is 30.1 Å². The molecule has 0 N–H and O–H groups in total. The van der Waals surface area contributed by atoms with Crippen LogP contribution in [0.1, 0.15) is 28.5 Å². The van der Waals surface area contributed by atoms with E-state index in [1.54, 1.807) is 0 Å². The van der Waals surface area contributed by atoms with E-state index >= 15 is 0 Å². The topological polar surface area (TPSA) is 42.9 Å². The first-order valence-corrected chi connectivity index (χ1v) is 3.94. The minimum Gasteiger partial charge on any atom is -0.275 e. The Balaban J connectivity index is 3.06. The molecule has 0 spiro atoms. The van der Waals surface area contributed by atoms with Gasteiger partial charge in [-0.2, -0.15) is 0 Å². The second-order valence-corrected chi connectivity index (χ2v) is 2.97. The molecule has 1 rings (SSSR count). The zero-order valence-corrected chi connectivity index (χ0v) is 7.12. The van der Waals surface area contributed by atoms with E-state index in [2.05, 4.69) is 9.59 Å². The minimum atomic E-state index is -1.30. The van der Waals surface area contributed by atoms with Crippen LogP contribution < -0.4 is 0 Å². The SMILES string of the molecule is CC(F)c1nnsc1C(=O)Cl. The summed E-state index contributed by atoms with van der Waals surface area (Å²) in [6, 6.07) is 0. The molecule has 1 unspecified atom stereocenters. The molecule has 1 aromatic heterocycles. The number of rotatable bonds is 2. The van der Waals surface area contributed by atoms with E-state index < -0.39 is 11.4 Å². The maximum Gasteiger partial charge on any atom is 0.266 e. The summed E-state index contributed by atoms with van der Waals surface area (Å²) < 4.78 is 16.0. The Morgan fingerprint density at radius 3 is 2.82 bits per heavy atom. The Hall–Kier alpha value is -0.550. The molecule has 0 saturated heterocycles. The van der Waals surface area contributed by atoms with Crippen LogP contribution in [-0.2, 0) is 0 Å². The highest BCUT2D eigenvalue weighted by Gasteiger charge is 2.18. The normalized spacial score (nSPS) is 13.0. The molecular formula is C5H4ClFN2OS. The molecule has 1 atom stereocenters. The van der Waals surface area contributed by atoms with E-state index in [1.807, 2.05) is 0 Å². The van der Waals surface area contributed by atoms with Gasteiger partial charge in [-0.3, -0.25) is 4.79 Å². The molecule has 0 aliphatic rings. The number of hydrogen-bond acceptors (Lipinski definition) is 4. The van der Waals surface area contributed by atoms with Gasteiger partial charge in [-0.1, -0.05) is 4.49 Å². The lowest BCUT2D eigenvalue weighted by Crippen LogP contribution is -1.94. The molecule has 6 heteroatoms. The summed E-state index contributed by atoms with van der Waals surface area (Å²) in [6.45, 7) is 1.28. The highest BCUT2D eigenvalue weighted by molar-refractivity contribution is 7.10. The van der Waals surface area contributed by atoms with Crippen molar-refractivity contribution >= 4 is 28.4 Å². The summed E-state index contributed by atoms with van der Waals surface area (Å²) >= 11 is 5.92. The molecule has 3 nitrogen and oxygen atoms in total. The summed E-state index contributed by atoms with van der Waals surface area (Å²) in [5, 5.41) is 2.72. The zero-order valence-electron chi connectivity index (χ0n) is 5.54. The third-order valence-corrected chi connectivity index (χ3v) is 2.11. The van der Waals surface area contributed by atoms with E-state index in [1.165, 1.54) is 6.92 Å². The third-order valence-electron chi connectivity index (χ3n) is 1.07. The van der Waals surface area contributed by atoms with Crippen LogP contribution in [0.5, 0.6) is 0 Å². The van der Waals surface area contributed by atoms with Crippen molar-refractivity contribution in [3.05, 3.63) is 10.6 Å². The van der Waals surface area contributed by atoms with E-state index in [9.17, 15) is 9.18 Å². The fourth-order valence-corrected chi connectivity index (χ4v) is 1.37. The van der Waals surface area contributed by atoms with E-state index in [0.29, 0.717) is 0 Å². The molecule has 1 heterocycles. The number of carbonyl (C=O) groups excluding carboxylic acids is 1. The molecule has 0 radical (unpaired) electrons. The van der Waals surface area contributed by atoms with Gasteiger partial charge in [-0.25, -0.2) is 4.39 Å². The van der Waals surface area contributed by atoms with Crippen LogP contribution >= 0.6 is 23.1 Å². The molecule has 60 valence electrons. The first-order valence-electron chi connectivity index (χ1n) is 2.79. The predicted molar refractivity (Wildman–Crippen MR) is 39.6 cm³/mol. The second kappa shape index (κ2) is 3.23. The van der Waals surface area contributed by atoms with Crippen molar-refractivity contribution in [3.63, 3.8) is 0 Å². The number of carbonyl (C=O) groups is 1. The lowest BCUT2D eigenvalue weighted by Gasteiger charge is -1.94. The number of halogens is 2. The molecule has 0 amide bonds. The van der Waals surface area contributed by atoms with E-state index in [4.69, 9.17) is 11.6 Å². The van der Waals surface area contributed by atoms with Gasteiger partial charge in [0.15, 0.2) is 0 Å². The number of nitrogens with zero attached hydrogens (tertiary/aromatic N) is 2. The van der Waals surface area contributed by atoms with Crippen molar-refractivity contribution in [1.29, 1.82) is 0 Å². The third kappa shape index (κ3) is 1.72. The molecule has 1 aromatic rings. The van der Waals surface area contributed by atoms with Crippen LogP contribution in [0, 0.1) is 0 Å². The Labute approximate surface area is 71.3 Å². The van der Waals surface area contributed by atoms with Crippen molar-refractivity contribution < 1.29 is 9.18 Å². The van der Waals surface area contributed by atoms with Crippen LogP contribution in [0.2, 0.25) is 0 Å². The quantitative estimate of drug-likeness (QED) is 0.676. The van der Waals surface area contributed by atoms with Gasteiger partial charge in [-0.15, -0.1) is 5.10 Å². The fraction of sp³-hybridized carbons (Fsp3) is 0.400. The smallest absolute Gasteiger partial charge is 0.266 e. The highest BCUT2D eigenvalue weighted by Crippen LogP contribution is 2.22. The first kappa shape index (κ1) is 8.55. The van der Waals surface area contributed by atoms with Gasteiger partial charge in [0.25, 0.3) is 5.24 Å². The molecule has 0 fully saturated rings. The van der Waals surface area contributed by atoms with Gasteiger partial charge in [0.2, 0.25) is 0 Å². The Morgan fingerprint density at radius 1 is 1.82 bits per heavy atom.